The first-order valence-corrected chi connectivity index (χ1v) is 6.22. The third kappa shape index (κ3) is 3.65. The number of alkyl halides is 3. The Kier molecular flexibility index (Phi) is 4.39. The molecule has 0 radical (unpaired) electrons. The second-order valence-electron chi connectivity index (χ2n) is 4.20. The molecule has 0 aliphatic heterocycles. The maximum absolute atomic E-state index is 13.2. The number of halogens is 5. The van der Waals surface area contributed by atoms with Crippen LogP contribution in [0.15, 0.2) is 36.4 Å². The molecule has 0 aromatic heterocycles. The quantitative estimate of drug-likeness (QED) is 0.829. The van der Waals surface area contributed by atoms with E-state index < -0.39 is 17.6 Å². The van der Waals surface area contributed by atoms with Gasteiger partial charge in [-0.15, -0.1) is 0 Å². The van der Waals surface area contributed by atoms with Gasteiger partial charge < -0.3 is 10.5 Å². The lowest BCUT2D eigenvalue weighted by Gasteiger charge is -2.13. The van der Waals surface area contributed by atoms with E-state index in [1.165, 1.54) is 12.1 Å². The first kappa shape index (κ1) is 15.6. The van der Waals surface area contributed by atoms with Crippen molar-refractivity contribution in [3.63, 3.8) is 0 Å². The van der Waals surface area contributed by atoms with Crippen LogP contribution in [0.5, 0.6) is 11.5 Å². The Hall–Kier alpha value is -1.79. The van der Waals surface area contributed by atoms with Gasteiger partial charge in [0.15, 0.2) is 0 Å². The van der Waals surface area contributed by atoms with Crippen LogP contribution >= 0.6 is 11.6 Å². The molecule has 112 valence electrons. The molecule has 0 aliphatic carbocycles. The van der Waals surface area contributed by atoms with Gasteiger partial charge in [-0.05, 0) is 36.4 Å². The molecule has 2 aromatic rings. The van der Waals surface area contributed by atoms with Crippen LogP contribution in [0.25, 0.3) is 0 Å². The van der Waals surface area contributed by atoms with Gasteiger partial charge in [0.25, 0.3) is 0 Å². The molecule has 2 rings (SSSR count). The predicted molar refractivity (Wildman–Crippen MR) is 70.8 cm³/mol. The highest BCUT2D eigenvalue weighted by Gasteiger charge is 2.34. The third-order valence-electron chi connectivity index (χ3n) is 2.71. The van der Waals surface area contributed by atoms with Crippen molar-refractivity contribution in [2.75, 3.05) is 0 Å². The average molecular weight is 320 g/mol. The lowest BCUT2D eigenvalue weighted by atomic mass is 10.2. The Bertz CT molecular complexity index is 658. The Morgan fingerprint density at radius 1 is 1.10 bits per heavy atom. The monoisotopic (exact) mass is 319 g/mol. The van der Waals surface area contributed by atoms with Gasteiger partial charge in [-0.2, -0.15) is 13.2 Å². The highest BCUT2D eigenvalue weighted by molar-refractivity contribution is 6.30. The first-order chi connectivity index (χ1) is 9.81. The summed E-state index contributed by atoms with van der Waals surface area (Å²) < 4.78 is 56.4. The minimum Gasteiger partial charge on any atom is -0.457 e. The molecule has 2 N–H and O–H groups in total. The van der Waals surface area contributed by atoms with Crippen molar-refractivity contribution >= 4 is 11.6 Å². The van der Waals surface area contributed by atoms with E-state index in [2.05, 4.69) is 0 Å². The summed E-state index contributed by atoms with van der Waals surface area (Å²) >= 11 is 5.79. The minimum absolute atomic E-state index is 0.100. The van der Waals surface area contributed by atoms with Gasteiger partial charge >= 0.3 is 6.18 Å². The Balaban J connectivity index is 2.37. The van der Waals surface area contributed by atoms with Gasteiger partial charge in [0, 0.05) is 17.1 Å². The molecule has 7 heteroatoms. The van der Waals surface area contributed by atoms with E-state index in [-0.39, 0.29) is 18.0 Å². The van der Waals surface area contributed by atoms with E-state index >= 15 is 0 Å². The number of nitrogens with two attached hydrogens (primary N) is 1. The molecule has 0 fully saturated rings. The SMILES string of the molecule is NCc1cc(Cl)ccc1Oc1ccc(F)c(C(F)(F)F)c1. The molecule has 0 atom stereocenters. The van der Waals surface area contributed by atoms with Gasteiger partial charge in [-0.1, -0.05) is 11.6 Å². The van der Waals surface area contributed by atoms with Crippen LogP contribution in [0.1, 0.15) is 11.1 Å². The standard InChI is InChI=1S/C14H10ClF4NO/c15-9-1-4-13(8(5-9)7-20)21-10-2-3-12(16)11(6-10)14(17,18)19/h1-6H,7,20H2. The molecule has 0 bridgehead atoms. The van der Waals surface area contributed by atoms with Crippen LogP contribution in [0.4, 0.5) is 17.6 Å². The Morgan fingerprint density at radius 3 is 2.43 bits per heavy atom. The van der Waals surface area contributed by atoms with Crippen LogP contribution < -0.4 is 10.5 Å². The molecule has 0 saturated heterocycles. The molecule has 2 aromatic carbocycles. The summed E-state index contributed by atoms with van der Waals surface area (Å²) in [5, 5.41) is 0.429. The fourth-order valence-corrected chi connectivity index (χ4v) is 1.91. The Morgan fingerprint density at radius 2 is 1.81 bits per heavy atom. The van der Waals surface area contributed by atoms with Crippen molar-refractivity contribution in [2.45, 2.75) is 12.7 Å². The predicted octanol–water partition coefficient (Wildman–Crippen LogP) is 4.75. The zero-order valence-corrected chi connectivity index (χ0v) is 11.3. The fourth-order valence-electron chi connectivity index (χ4n) is 1.72. The zero-order chi connectivity index (χ0) is 15.6. The van der Waals surface area contributed by atoms with E-state index in [1.54, 1.807) is 6.07 Å². The van der Waals surface area contributed by atoms with E-state index in [4.69, 9.17) is 22.1 Å². The molecule has 0 saturated carbocycles. The molecule has 2 nitrogen and oxygen atoms in total. The van der Waals surface area contributed by atoms with E-state index in [9.17, 15) is 17.6 Å². The van der Waals surface area contributed by atoms with E-state index in [0.29, 0.717) is 22.7 Å². The molecule has 0 amide bonds. The molecule has 0 aliphatic rings. The van der Waals surface area contributed by atoms with Gasteiger partial charge in [-0.3, -0.25) is 0 Å². The third-order valence-corrected chi connectivity index (χ3v) is 2.95. The van der Waals surface area contributed by atoms with Crippen molar-refractivity contribution in [2.24, 2.45) is 5.73 Å². The largest absolute Gasteiger partial charge is 0.457 e. The maximum Gasteiger partial charge on any atom is 0.419 e. The Labute approximate surface area is 123 Å². The first-order valence-electron chi connectivity index (χ1n) is 5.84. The molecular weight excluding hydrogens is 310 g/mol. The van der Waals surface area contributed by atoms with Gasteiger partial charge in [0.1, 0.15) is 17.3 Å². The normalized spacial score (nSPS) is 11.5. The van der Waals surface area contributed by atoms with Gasteiger partial charge in [0.05, 0.1) is 5.56 Å². The molecular formula is C14H10ClF4NO. The summed E-state index contributed by atoms with van der Waals surface area (Å²) in [5.41, 5.74) is 4.66. The zero-order valence-electron chi connectivity index (χ0n) is 10.5. The van der Waals surface area contributed by atoms with Crippen LogP contribution in [0.3, 0.4) is 0 Å². The number of benzene rings is 2. The molecule has 0 heterocycles. The lowest BCUT2D eigenvalue weighted by molar-refractivity contribution is -0.140. The molecule has 21 heavy (non-hydrogen) atoms. The number of rotatable bonds is 3. The number of hydrogen-bond acceptors (Lipinski definition) is 2. The van der Waals surface area contributed by atoms with Crippen molar-refractivity contribution in [3.8, 4) is 11.5 Å². The van der Waals surface area contributed by atoms with Gasteiger partial charge in [0.2, 0.25) is 0 Å². The summed E-state index contributed by atoms with van der Waals surface area (Å²) in [4.78, 5) is 0. The lowest BCUT2D eigenvalue weighted by Crippen LogP contribution is -2.08. The van der Waals surface area contributed by atoms with Gasteiger partial charge in [-0.25, -0.2) is 4.39 Å². The minimum atomic E-state index is -4.79. The number of hydrogen-bond donors (Lipinski definition) is 1. The summed E-state index contributed by atoms with van der Waals surface area (Å²) in [6, 6.07) is 6.97. The fraction of sp³-hybridized carbons (Fsp3) is 0.143. The molecule has 0 unspecified atom stereocenters. The van der Waals surface area contributed by atoms with E-state index in [1.807, 2.05) is 0 Å². The number of ether oxygens (including phenoxy) is 1. The summed E-state index contributed by atoms with van der Waals surface area (Å²) in [5.74, 6) is -1.23. The second-order valence-corrected chi connectivity index (χ2v) is 4.63. The second kappa shape index (κ2) is 5.91. The van der Waals surface area contributed by atoms with Crippen LogP contribution in [0.2, 0.25) is 5.02 Å². The average Bonchev–Trinajstić information content (AvgIpc) is 2.41. The van der Waals surface area contributed by atoms with Crippen LogP contribution in [-0.4, -0.2) is 0 Å². The highest BCUT2D eigenvalue weighted by Crippen LogP contribution is 2.35. The topological polar surface area (TPSA) is 35.2 Å². The van der Waals surface area contributed by atoms with Crippen molar-refractivity contribution in [3.05, 3.63) is 58.4 Å². The molecule has 0 spiro atoms. The summed E-state index contributed by atoms with van der Waals surface area (Å²) in [6.07, 6.45) is -4.79. The van der Waals surface area contributed by atoms with E-state index in [0.717, 1.165) is 6.07 Å². The maximum atomic E-state index is 13.2. The highest BCUT2D eigenvalue weighted by atomic mass is 35.5. The van der Waals surface area contributed by atoms with Crippen molar-refractivity contribution in [1.29, 1.82) is 0 Å². The smallest absolute Gasteiger partial charge is 0.419 e. The van der Waals surface area contributed by atoms with Crippen LogP contribution in [-0.2, 0) is 12.7 Å². The van der Waals surface area contributed by atoms with Crippen molar-refractivity contribution < 1.29 is 22.3 Å². The summed E-state index contributed by atoms with van der Waals surface area (Å²) in [6.45, 7) is 0.100. The van der Waals surface area contributed by atoms with Crippen LogP contribution in [0, 0.1) is 5.82 Å². The van der Waals surface area contributed by atoms with Crippen molar-refractivity contribution in [1.82, 2.24) is 0 Å². The summed E-state index contributed by atoms with van der Waals surface area (Å²) in [7, 11) is 0.